The number of rotatable bonds is 8. The molecule has 2 heterocycles. The van der Waals surface area contributed by atoms with Crippen molar-refractivity contribution < 1.29 is 9.47 Å². The minimum absolute atomic E-state index is 0.767. The van der Waals surface area contributed by atoms with Gasteiger partial charge in [0, 0.05) is 48.7 Å². The molecule has 0 radical (unpaired) electrons. The van der Waals surface area contributed by atoms with Crippen LogP contribution in [-0.2, 0) is 7.05 Å². The van der Waals surface area contributed by atoms with Gasteiger partial charge in [0.15, 0.2) is 0 Å². The Hall–Kier alpha value is -3.61. The van der Waals surface area contributed by atoms with E-state index in [-0.39, 0.29) is 0 Å². The topological polar surface area (TPSA) is 65.3 Å². The Morgan fingerprint density at radius 1 is 1.03 bits per heavy atom. The van der Waals surface area contributed by atoms with E-state index in [1.54, 1.807) is 31.3 Å². The first kappa shape index (κ1) is 21.6. The second-order valence-electron chi connectivity index (χ2n) is 7.81. The summed E-state index contributed by atoms with van der Waals surface area (Å²) in [6.45, 7) is 5.14. The van der Waals surface area contributed by atoms with Crippen LogP contribution >= 0.6 is 0 Å². The number of benzene rings is 2. The summed E-state index contributed by atoms with van der Waals surface area (Å²) in [7, 11) is 5.26. The van der Waals surface area contributed by atoms with Gasteiger partial charge in [-0.2, -0.15) is 5.10 Å². The van der Waals surface area contributed by atoms with Crippen LogP contribution in [0.25, 0.3) is 22.3 Å². The lowest BCUT2D eigenvalue weighted by Crippen LogP contribution is -2.19. The Bertz CT molecular complexity index is 1230. The summed E-state index contributed by atoms with van der Waals surface area (Å²) >= 11 is 0. The molecule has 0 aliphatic rings. The molecular weight excluding hydrogens is 402 g/mol. The Morgan fingerprint density at radius 2 is 1.88 bits per heavy atom. The number of fused-ring (bicyclic) bond motifs is 1. The quantitative estimate of drug-likeness (QED) is 0.377. The highest BCUT2D eigenvalue weighted by molar-refractivity contribution is 5.83. The first-order chi connectivity index (χ1) is 15.5. The van der Waals surface area contributed by atoms with E-state index in [9.17, 15) is 0 Å². The van der Waals surface area contributed by atoms with Crippen molar-refractivity contribution in [3.8, 4) is 22.8 Å². The standard InChI is InChI=1S/C25H29N5O2/c1-6-7-10-30(24-12-20(31-4)13-25(32-5)17(24)2)19-8-9-21-22(11-19)28-23(15-26-21)18-14-27-29(3)16-18/h8-9,11-16H,6-7,10H2,1-5H3. The molecule has 0 unspecified atom stereocenters. The van der Waals surface area contributed by atoms with Crippen molar-refractivity contribution in [2.75, 3.05) is 25.7 Å². The van der Waals surface area contributed by atoms with Crippen LogP contribution in [0.1, 0.15) is 25.3 Å². The number of hydrogen-bond donors (Lipinski definition) is 0. The highest BCUT2D eigenvalue weighted by atomic mass is 16.5. The lowest BCUT2D eigenvalue weighted by Gasteiger charge is -2.28. The molecule has 0 saturated heterocycles. The molecule has 0 amide bonds. The molecule has 7 nitrogen and oxygen atoms in total. The van der Waals surface area contributed by atoms with Gasteiger partial charge in [0.1, 0.15) is 11.5 Å². The summed E-state index contributed by atoms with van der Waals surface area (Å²) in [6.07, 6.45) is 7.69. The molecule has 32 heavy (non-hydrogen) atoms. The van der Waals surface area contributed by atoms with Crippen LogP contribution in [0, 0.1) is 6.92 Å². The lowest BCUT2D eigenvalue weighted by molar-refractivity contribution is 0.392. The maximum atomic E-state index is 5.62. The predicted octanol–water partition coefficient (Wildman–Crippen LogP) is 5.29. The molecule has 0 aliphatic carbocycles. The van der Waals surface area contributed by atoms with Gasteiger partial charge in [-0.1, -0.05) is 13.3 Å². The van der Waals surface area contributed by atoms with Crippen molar-refractivity contribution >= 4 is 22.4 Å². The van der Waals surface area contributed by atoms with Crippen molar-refractivity contribution in [3.05, 3.63) is 54.5 Å². The molecule has 2 aromatic carbocycles. The zero-order chi connectivity index (χ0) is 22.7. The maximum absolute atomic E-state index is 5.62. The van der Waals surface area contributed by atoms with Crippen LogP contribution in [0.2, 0.25) is 0 Å². The van der Waals surface area contributed by atoms with Gasteiger partial charge in [-0.25, -0.2) is 4.98 Å². The number of aromatic nitrogens is 4. The van der Waals surface area contributed by atoms with Gasteiger partial charge in [0.25, 0.3) is 0 Å². The van der Waals surface area contributed by atoms with Gasteiger partial charge in [0.05, 0.1) is 49.0 Å². The molecule has 7 heteroatoms. The molecule has 0 fully saturated rings. The zero-order valence-electron chi connectivity index (χ0n) is 19.3. The van der Waals surface area contributed by atoms with E-state index in [4.69, 9.17) is 14.5 Å². The van der Waals surface area contributed by atoms with Crippen LogP contribution in [0.15, 0.2) is 48.9 Å². The van der Waals surface area contributed by atoms with Crippen molar-refractivity contribution in [3.63, 3.8) is 0 Å². The Balaban J connectivity index is 1.82. The number of nitrogens with zero attached hydrogens (tertiary/aromatic N) is 5. The number of hydrogen-bond acceptors (Lipinski definition) is 6. The third-order valence-corrected chi connectivity index (χ3v) is 5.63. The summed E-state index contributed by atoms with van der Waals surface area (Å²) in [5.41, 5.74) is 6.65. The highest BCUT2D eigenvalue weighted by Crippen LogP contribution is 2.38. The molecule has 166 valence electrons. The predicted molar refractivity (Wildman–Crippen MR) is 128 cm³/mol. The van der Waals surface area contributed by atoms with Crippen molar-refractivity contribution in [2.24, 2.45) is 7.05 Å². The number of aryl methyl sites for hydroxylation is 1. The van der Waals surface area contributed by atoms with Gasteiger partial charge in [-0.3, -0.25) is 9.67 Å². The average molecular weight is 432 g/mol. The zero-order valence-corrected chi connectivity index (χ0v) is 19.3. The fraction of sp³-hybridized carbons (Fsp3) is 0.320. The number of unbranched alkanes of at least 4 members (excludes halogenated alkanes) is 1. The monoisotopic (exact) mass is 431 g/mol. The molecule has 0 spiro atoms. The van der Waals surface area contributed by atoms with Crippen molar-refractivity contribution in [2.45, 2.75) is 26.7 Å². The molecule has 0 bridgehead atoms. The summed E-state index contributed by atoms with van der Waals surface area (Å²) in [4.78, 5) is 11.8. The second kappa shape index (κ2) is 9.26. The normalized spacial score (nSPS) is 11.0. The largest absolute Gasteiger partial charge is 0.497 e. The second-order valence-corrected chi connectivity index (χ2v) is 7.81. The molecule has 0 atom stereocenters. The molecule has 4 aromatic rings. The summed E-state index contributed by atoms with van der Waals surface area (Å²) in [5.74, 6) is 1.57. The average Bonchev–Trinajstić information content (AvgIpc) is 3.26. The van der Waals surface area contributed by atoms with Crippen molar-refractivity contribution in [1.82, 2.24) is 19.7 Å². The van der Waals surface area contributed by atoms with E-state index >= 15 is 0 Å². The molecule has 0 saturated carbocycles. The Kier molecular flexibility index (Phi) is 6.25. The van der Waals surface area contributed by atoms with Gasteiger partial charge in [0.2, 0.25) is 0 Å². The minimum atomic E-state index is 0.767. The number of ether oxygens (including phenoxy) is 2. The van der Waals surface area contributed by atoms with Gasteiger partial charge in [-0.05, 0) is 31.5 Å². The minimum Gasteiger partial charge on any atom is -0.497 e. The number of methoxy groups -OCH3 is 2. The lowest BCUT2D eigenvalue weighted by atomic mass is 10.1. The Labute approximate surface area is 188 Å². The highest BCUT2D eigenvalue weighted by Gasteiger charge is 2.17. The first-order valence-electron chi connectivity index (χ1n) is 10.8. The van der Waals surface area contributed by atoms with E-state index in [1.807, 2.05) is 25.4 Å². The molecular formula is C25H29N5O2. The van der Waals surface area contributed by atoms with Gasteiger partial charge in [-0.15, -0.1) is 0 Å². The van der Waals surface area contributed by atoms with E-state index in [1.165, 1.54) is 0 Å². The van der Waals surface area contributed by atoms with E-state index in [2.05, 4.69) is 47.0 Å². The fourth-order valence-electron chi connectivity index (χ4n) is 3.82. The SMILES string of the molecule is CCCCN(c1ccc2ncc(-c3cnn(C)c3)nc2c1)c1cc(OC)cc(OC)c1C. The summed E-state index contributed by atoms with van der Waals surface area (Å²) in [6, 6.07) is 10.2. The van der Waals surface area contributed by atoms with E-state index < -0.39 is 0 Å². The van der Waals surface area contributed by atoms with Crippen LogP contribution in [-0.4, -0.2) is 40.5 Å². The fourth-order valence-corrected chi connectivity index (χ4v) is 3.82. The molecule has 2 aromatic heterocycles. The smallest absolute Gasteiger partial charge is 0.127 e. The maximum Gasteiger partial charge on any atom is 0.127 e. The summed E-state index contributed by atoms with van der Waals surface area (Å²) < 4.78 is 12.9. The van der Waals surface area contributed by atoms with Gasteiger partial charge >= 0.3 is 0 Å². The third kappa shape index (κ3) is 4.23. The van der Waals surface area contributed by atoms with Gasteiger partial charge < -0.3 is 14.4 Å². The number of anilines is 2. The molecule has 0 N–H and O–H groups in total. The van der Waals surface area contributed by atoms with Crippen molar-refractivity contribution in [1.29, 1.82) is 0 Å². The molecule has 0 aliphatic heterocycles. The first-order valence-corrected chi connectivity index (χ1v) is 10.8. The van der Waals surface area contributed by atoms with E-state index in [0.29, 0.717) is 0 Å². The van der Waals surface area contributed by atoms with Crippen LogP contribution in [0.3, 0.4) is 0 Å². The molecule has 4 rings (SSSR count). The van der Waals surface area contributed by atoms with Crippen LogP contribution < -0.4 is 14.4 Å². The summed E-state index contributed by atoms with van der Waals surface area (Å²) in [5, 5.41) is 4.25. The Morgan fingerprint density at radius 3 is 2.56 bits per heavy atom. The third-order valence-electron chi connectivity index (χ3n) is 5.63. The van der Waals surface area contributed by atoms with E-state index in [0.717, 1.165) is 70.1 Å². The van der Waals surface area contributed by atoms with Crippen LogP contribution in [0.5, 0.6) is 11.5 Å². The van der Waals surface area contributed by atoms with Crippen LogP contribution in [0.4, 0.5) is 11.4 Å².